The van der Waals surface area contributed by atoms with Crippen molar-refractivity contribution in [2.45, 2.75) is 31.4 Å². The maximum absolute atomic E-state index is 12.4. The zero-order valence-corrected chi connectivity index (χ0v) is 11.4. The van der Waals surface area contributed by atoms with Crippen LogP contribution in [0.5, 0.6) is 0 Å². The van der Waals surface area contributed by atoms with E-state index in [0.717, 1.165) is 5.56 Å². The van der Waals surface area contributed by atoms with Crippen LogP contribution in [0.3, 0.4) is 0 Å². The molecule has 0 bridgehead atoms. The van der Waals surface area contributed by atoms with Gasteiger partial charge >= 0.3 is 0 Å². The summed E-state index contributed by atoms with van der Waals surface area (Å²) in [5.41, 5.74) is 1.03. The van der Waals surface area contributed by atoms with Gasteiger partial charge in [0.1, 0.15) is 6.23 Å². The smallest absolute Gasteiger partial charge is 0.265 e. The van der Waals surface area contributed by atoms with Crippen molar-refractivity contribution in [1.82, 2.24) is 4.31 Å². The van der Waals surface area contributed by atoms with Gasteiger partial charge in [-0.2, -0.15) is 0 Å². The quantitative estimate of drug-likeness (QED) is 0.840. The maximum atomic E-state index is 12.4. The lowest BCUT2D eigenvalue weighted by molar-refractivity contribution is 0.0158. The normalized spacial score (nSPS) is 19.4. The molecule has 4 nitrogen and oxygen atoms in total. The van der Waals surface area contributed by atoms with E-state index in [0.29, 0.717) is 17.9 Å². The minimum absolute atomic E-state index is 0.296. The molecule has 1 heterocycles. The number of hydrogen-bond donors (Lipinski definition) is 0. The van der Waals surface area contributed by atoms with Crippen LogP contribution in [0.1, 0.15) is 18.9 Å². The van der Waals surface area contributed by atoms with E-state index in [-0.39, 0.29) is 0 Å². The van der Waals surface area contributed by atoms with E-state index in [4.69, 9.17) is 4.74 Å². The number of hydrogen-bond acceptors (Lipinski definition) is 3. The highest BCUT2D eigenvalue weighted by molar-refractivity contribution is 7.89. The predicted octanol–water partition coefficient (Wildman–Crippen LogP) is 2.27. The molecule has 0 fully saturated rings. The Morgan fingerprint density at radius 1 is 1.33 bits per heavy atom. The Hall–Kier alpha value is -1.33. The Bertz CT molecular complexity index is 534. The van der Waals surface area contributed by atoms with Crippen LogP contribution in [0, 0.1) is 6.92 Å². The molecule has 0 N–H and O–H groups in total. The Morgan fingerprint density at radius 2 is 2.00 bits per heavy atom. The Kier molecular flexibility index (Phi) is 3.73. The van der Waals surface area contributed by atoms with E-state index in [1.54, 1.807) is 30.5 Å². The van der Waals surface area contributed by atoms with Crippen molar-refractivity contribution >= 4 is 10.0 Å². The summed E-state index contributed by atoms with van der Waals surface area (Å²) in [6.45, 7) is 4.27. The summed E-state index contributed by atoms with van der Waals surface area (Å²) in [4.78, 5) is 0.296. The summed E-state index contributed by atoms with van der Waals surface area (Å²) in [7, 11) is -3.51. The average Bonchev–Trinajstić information content (AvgIpc) is 2.79. The molecular weight excluding hydrogens is 250 g/mol. The van der Waals surface area contributed by atoms with Gasteiger partial charge in [-0.15, -0.1) is 0 Å². The second-order valence-electron chi connectivity index (χ2n) is 4.18. The van der Waals surface area contributed by atoms with Crippen LogP contribution < -0.4 is 0 Å². The number of nitrogens with zero attached hydrogens (tertiary/aromatic N) is 1. The van der Waals surface area contributed by atoms with Gasteiger partial charge in [-0.3, -0.25) is 0 Å². The fourth-order valence-electron chi connectivity index (χ4n) is 1.88. The number of rotatable bonds is 4. The molecule has 1 atom stereocenters. The third-order valence-corrected chi connectivity index (χ3v) is 4.61. The highest BCUT2D eigenvalue weighted by Crippen LogP contribution is 2.25. The van der Waals surface area contributed by atoms with Gasteiger partial charge in [0.2, 0.25) is 0 Å². The first-order chi connectivity index (χ1) is 8.55. The molecule has 0 saturated heterocycles. The highest BCUT2D eigenvalue weighted by atomic mass is 32.2. The van der Waals surface area contributed by atoms with Crippen molar-refractivity contribution < 1.29 is 13.2 Å². The Morgan fingerprint density at radius 3 is 2.61 bits per heavy atom. The fraction of sp³-hybridized carbons (Fsp3) is 0.385. The predicted molar refractivity (Wildman–Crippen MR) is 69.4 cm³/mol. The molecular formula is C13H17NO3S. The van der Waals surface area contributed by atoms with Crippen molar-refractivity contribution in [3.63, 3.8) is 0 Å². The SMILES string of the molecule is CCOC1CC=CN1S(=O)(=O)c1ccc(C)cc1. The van der Waals surface area contributed by atoms with Crippen molar-refractivity contribution in [2.24, 2.45) is 0 Å². The van der Waals surface area contributed by atoms with Crippen LogP contribution in [0.2, 0.25) is 0 Å². The molecule has 2 rings (SSSR count). The van der Waals surface area contributed by atoms with E-state index < -0.39 is 16.3 Å². The number of aryl methyl sites for hydroxylation is 1. The lowest BCUT2D eigenvalue weighted by Gasteiger charge is -2.24. The number of benzene rings is 1. The standard InChI is InChI=1S/C13H17NO3S/c1-3-17-13-5-4-10-14(13)18(15,16)12-8-6-11(2)7-9-12/h4,6-10,13H,3,5H2,1-2H3. The molecule has 0 spiro atoms. The monoisotopic (exact) mass is 267 g/mol. The zero-order valence-electron chi connectivity index (χ0n) is 10.5. The van der Waals surface area contributed by atoms with Crippen LogP contribution in [0.4, 0.5) is 0 Å². The Labute approximate surface area is 108 Å². The topological polar surface area (TPSA) is 46.6 Å². The summed E-state index contributed by atoms with van der Waals surface area (Å²) in [6, 6.07) is 6.84. The van der Waals surface area contributed by atoms with Crippen molar-refractivity contribution in [2.75, 3.05) is 6.61 Å². The largest absolute Gasteiger partial charge is 0.357 e. The number of sulfonamides is 1. The van der Waals surface area contributed by atoms with E-state index in [1.165, 1.54) is 4.31 Å². The van der Waals surface area contributed by atoms with Gasteiger partial charge < -0.3 is 4.74 Å². The van der Waals surface area contributed by atoms with E-state index in [9.17, 15) is 8.42 Å². The van der Waals surface area contributed by atoms with Crippen LogP contribution in [-0.4, -0.2) is 25.6 Å². The van der Waals surface area contributed by atoms with Crippen LogP contribution >= 0.6 is 0 Å². The molecule has 0 aromatic heterocycles. The molecule has 5 heteroatoms. The molecule has 98 valence electrons. The molecule has 0 saturated carbocycles. The number of ether oxygens (including phenoxy) is 1. The van der Waals surface area contributed by atoms with Crippen molar-refractivity contribution in [1.29, 1.82) is 0 Å². The average molecular weight is 267 g/mol. The first-order valence-electron chi connectivity index (χ1n) is 5.94. The fourth-order valence-corrected chi connectivity index (χ4v) is 3.31. The second kappa shape index (κ2) is 5.12. The van der Waals surface area contributed by atoms with Gasteiger partial charge in [0, 0.05) is 19.2 Å². The van der Waals surface area contributed by atoms with Gasteiger partial charge in [-0.1, -0.05) is 23.8 Å². The zero-order chi connectivity index (χ0) is 13.2. The molecule has 0 aliphatic carbocycles. The molecule has 1 aromatic rings. The summed E-state index contributed by atoms with van der Waals surface area (Å²) in [5, 5.41) is 0. The third-order valence-electron chi connectivity index (χ3n) is 2.83. The Balaban J connectivity index is 2.30. The van der Waals surface area contributed by atoms with Crippen molar-refractivity contribution in [3.8, 4) is 0 Å². The van der Waals surface area contributed by atoms with Crippen LogP contribution in [-0.2, 0) is 14.8 Å². The van der Waals surface area contributed by atoms with Crippen molar-refractivity contribution in [3.05, 3.63) is 42.1 Å². The first kappa shape index (κ1) is 13.1. The molecule has 0 radical (unpaired) electrons. The minimum atomic E-state index is -3.51. The summed E-state index contributed by atoms with van der Waals surface area (Å²) in [6.07, 6.45) is 3.57. The molecule has 1 aliphatic rings. The van der Waals surface area contributed by atoms with E-state index >= 15 is 0 Å². The molecule has 1 aliphatic heterocycles. The summed E-state index contributed by atoms with van der Waals surface area (Å²) >= 11 is 0. The van der Waals surface area contributed by atoms with Crippen LogP contribution in [0.25, 0.3) is 0 Å². The maximum Gasteiger partial charge on any atom is 0.265 e. The lowest BCUT2D eigenvalue weighted by Crippen LogP contribution is -2.34. The first-order valence-corrected chi connectivity index (χ1v) is 7.38. The van der Waals surface area contributed by atoms with Gasteiger partial charge in [-0.05, 0) is 26.0 Å². The summed E-state index contributed by atoms with van der Waals surface area (Å²) in [5.74, 6) is 0. The van der Waals surface area contributed by atoms with Crippen LogP contribution in [0.15, 0.2) is 41.4 Å². The van der Waals surface area contributed by atoms with Gasteiger partial charge in [-0.25, -0.2) is 12.7 Å². The molecule has 1 aromatic carbocycles. The highest BCUT2D eigenvalue weighted by Gasteiger charge is 2.31. The molecule has 18 heavy (non-hydrogen) atoms. The van der Waals surface area contributed by atoms with E-state index in [1.807, 2.05) is 19.9 Å². The molecule has 1 unspecified atom stereocenters. The minimum Gasteiger partial charge on any atom is -0.357 e. The summed E-state index contributed by atoms with van der Waals surface area (Å²) < 4.78 is 31.6. The van der Waals surface area contributed by atoms with E-state index in [2.05, 4.69) is 0 Å². The van der Waals surface area contributed by atoms with Gasteiger partial charge in [0.05, 0.1) is 4.90 Å². The second-order valence-corrected chi connectivity index (χ2v) is 6.02. The van der Waals surface area contributed by atoms with Gasteiger partial charge in [0.15, 0.2) is 0 Å². The third kappa shape index (κ3) is 2.42. The van der Waals surface area contributed by atoms with Gasteiger partial charge in [0.25, 0.3) is 10.0 Å². The molecule has 0 amide bonds. The lowest BCUT2D eigenvalue weighted by atomic mass is 10.2.